The minimum absolute atomic E-state index is 0.285. The summed E-state index contributed by atoms with van der Waals surface area (Å²) in [5.41, 5.74) is 0.285. The van der Waals surface area contributed by atoms with Gasteiger partial charge in [-0.15, -0.1) is 0 Å². The Labute approximate surface area is 75.9 Å². The Morgan fingerprint density at radius 1 is 1.33 bits per heavy atom. The first kappa shape index (κ1) is 10.0. The van der Waals surface area contributed by atoms with Crippen LogP contribution in [0.5, 0.6) is 0 Å². The summed E-state index contributed by atoms with van der Waals surface area (Å²) in [5, 5.41) is 0. The first-order valence-corrected chi connectivity index (χ1v) is 4.86. The number of ether oxygens (including phenoxy) is 1. The summed E-state index contributed by atoms with van der Waals surface area (Å²) in [6.07, 6.45) is 1.17. The molecule has 0 aromatic carbocycles. The van der Waals surface area contributed by atoms with Gasteiger partial charge in [0.05, 0.1) is 6.61 Å². The zero-order chi connectivity index (χ0) is 9.19. The van der Waals surface area contributed by atoms with E-state index in [0.29, 0.717) is 6.04 Å². The van der Waals surface area contributed by atoms with Crippen molar-refractivity contribution in [1.82, 2.24) is 4.90 Å². The van der Waals surface area contributed by atoms with Crippen molar-refractivity contribution in [3.05, 3.63) is 0 Å². The Balaban J connectivity index is 2.59. The van der Waals surface area contributed by atoms with Crippen molar-refractivity contribution in [2.75, 3.05) is 19.8 Å². The molecule has 0 spiro atoms. The summed E-state index contributed by atoms with van der Waals surface area (Å²) in [4.78, 5) is 2.53. The highest BCUT2D eigenvalue weighted by molar-refractivity contribution is 4.81. The highest BCUT2D eigenvalue weighted by Gasteiger charge is 2.27. The van der Waals surface area contributed by atoms with Gasteiger partial charge in [0.15, 0.2) is 0 Å². The normalized spacial score (nSPS) is 28.5. The van der Waals surface area contributed by atoms with Gasteiger partial charge in [-0.3, -0.25) is 4.90 Å². The Hall–Kier alpha value is -0.0800. The molecule has 2 nitrogen and oxygen atoms in total. The molecule has 0 saturated carbocycles. The molecule has 12 heavy (non-hydrogen) atoms. The van der Waals surface area contributed by atoms with Crippen LogP contribution in [0, 0.1) is 0 Å². The molecule has 0 aromatic rings. The molecule has 0 aromatic heterocycles. The molecule has 1 aliphatic rings. The van der Waals surface area contributed by atoms with Gasteiger partial charge in [-0.1, -0.05) is 0 Å². The van der Waals surface area contributed by atoms with Crippen molar-refractivity contribution in [1.29, 1.82) is 0 Å². The van der Waals surface area contributed by atoms with Gasteiger partial charge >= 0.3 is 0 Å². The predicted octanol–water partition coefficient (Wildman–Crippen LogP) is 1.90. The summed E-state index contributed by atoms with van der Waals surface area (Å²) < 4.78 is 5.49. The molecule has 0 aliphatic carbocycles. The van der Waals surface area contributed by atoms with Crippen molar-refractivity contribution < 1.29 is 4.74 Å². The molecule has 1 rings (SSSR count). The van der Waals surface area contributed by atoms with Gasteiger partial charge in [0.25, 0.3) is 0 Å². The van der Waals surface area contributed by atoms with Crippen molar-refractivity contribution in [3.63, 3.8) is 0 Å². The van der Waals surface area contributed by atoms with Crippen LogP contribution in [0.2, 0.25) is 0 Å². The summed E-state index contributed by atoms with van der Waals surface area (Å²) in [7, 11) is 0. The molecular weight excluding hydrogens is 150 g/mol. The molecule has 2 heteroatoms. The average Bonchev–Trinajstić information content (AvgIpc) is 2.11. The van der Waals surface area contributed by atoms with Gasteiger partial charge in [0, 0.05) is 24.7 Å². The van der Waals surface area contributed by atoms with Crippen LogP contribution in [0.4, 0.5) is 0 Å². The van der Waals surface area contributed by atoms with E-state index in [1.807, 2.05) is 0 Å². The predicted molar refractivity (Wildman–Crippen MR) is 51.4 cm³/mol. The monoisotopic (exact) mass is 171 g/mol. The van der Waals surface area contributed by atoms with Crippen LogP contribution < -0.4 is 0 Å². The lowest BCUT2D eigenvalue weighted by Gasteiger charge is -2.38. The maximum atomic E-state index is 5.49. The second kappa shape index (κ2) is 3.75. The second-order valence-electron chi connectivity index (χ2n) is 4.64. The molecule has 1 heterocycles. The van der Waals surface area contributed by atoms with Crippen LogP contribution >= 0.6 is 0 Å². The largest absolute Gasteiger partial charge is 0.380 e. The number of hydrogen-bond acceptors (Lipinski definition) is 2. The maximum Gasteiger partial charge on any atom is 0.0619 e. The van der Waals surface area contributed by atoms with E-state index < -0.39 is 0 Å². The quantitative estimate of drug-likeness (QED) is 0.552. The van der Waals surface area contributed by atoms with Gasteiger partial charge in [-0.2, -0.15) is 0 Å². The molecule has 0 amide bonds. The lowest BCUT2D eigenvalue weighted by Crippen LogP contribution is -2.47. The third kappa shape index (κ3) is 2.46. The Bertz CT molecular complexity index is 139. The molecular formula is C10H21NO. The Kier molecular flexibility index (Phi) is 3.13. The highest BCUT2D eigenvalue weighted by Crippen LogP contribution is 2.19. The van der Waals surface area contributed by atoms with Crippen LogP contribution in [0.3, 0.4) is 0 Å². The second-order valence-corrected chi connectivity index (χ2v) is 4.64. The minimum Gasteiger partial charge on any atom is -0.380 e. The van der Waals surface area contributed by atoms with E-state index in [9.17, 15) is 0 Å². The third-order valence-electron chi connectivity index (χ3n) is 2.44. The molecule has 1 atom stereocenters. The van der Waals surface area contributed by atoms with Crippen molar-refractivity contribution in [3.8, 4) is 0 Å². The standard InChI is InChI=1S/C10H21NO/c1-9-8-12-7-5-6-11(9)10(2,3)4/h9H,5-8H2,1-4H3. The number of hydrogen-bond donors (Lipinski definition) is 0. The van der Waals surface area contributed by atoms with Crippen molar-refractivity contribution >= 4 is 0 Å². The highest BCUT2D eigenvalue weighted by atomic mass is 16.5. The van der Waals surface area contributed by atoms with E-state index in [1.54, 1.807) is 0 Å². The molecule has 1 unspecified atom stereocenters. The van der Waals surface area contributed by atoms with Gasteiger partial charge in [-0.25, -0.2) is 0 Å². The van der Waals surface area contributed by atoms with E-state index in [1.165, 1.54) is 13.0 Å². The zero-order valence-corrected chi connectivity index (χ0v) is 8.76. The van der Waals surface area contributed by atoms with Gasteiger partial charge in [-0.05, 0) is 34.1 Å². The molecule has 72 valence electrons. The summed E-state index contributed by atoms with van der Waals surface area (Å²) in [5.74, 6) is 0. The average molecular weight is 171 g/mol. The Morgan fingerprint density at radius 3 is 2.58 bits per heavy atom. The van der Waals surface area contributed by atoms with Gasteiger partial charge in [0.1, 0.15) is 0 Å². The fraction of sp³-hybridized carbons (Fsp3) is 1.00. The van der Waals surface area contributed by atoms with E-state index in [0.717, 1.165) is 13.2 Å². The van der Waals surface area contributed by atoms with E-state index in [2.05, 4.69) is 32.6 Å². The minimum atomic E-state index is 0.285. The van der Waals surface area contributed by atoms with Crippen LogP contribution in [-0.4, -0.2) is 36.2 Å². The smallest absolute Gasteiger partial charge is 0.0619 e. The molecule has 1 saturated heterocycles. The van der Waals surface area contributed by atoms with Crippen LogP contribution in [-0.2, 0) is 4.74 Å². The lowest BCUT2D eigenvalue weighted by atomic mass is 10.0. The SMILES string of the molecule is CC1COCCCN1C(C)(C)C. The summed E-state index contributed by atoms with van der Waals surface area (Å²) >= 11 is 0. The maximum absolute atomic E-state index is 5.49. The topological polar surface area (TPSA) is 12.5 Å². The van der Waals surface area contributed by atoms with Crippen LogP contribution in [0.1, 0.15) is 34.1 Å². The summed E-state index contributed by atoms with van der Waals surface area (Å²) in [6.45, 7) is 12.0. The van der Waals surface area contributed by atoms with Crippen molar-refractivity contribution in [2.24, 2.45) is 0 Å². The third-order valence-corrected chi connectivity index (χ3v) is 2.44. The molecule has 0 N–H and O–H groups in total. The Morgan fingerprint density at radius 2 is 2.00 bits per heavy atom. The van der Waals surface area contributed by atoms with Crippen molar-refractivity contribution in [2.45, 2.75) is 45.7 Å². The zero-order valence-electron chi connectivity index (χ0n) is 8.76. The lowest BCUT2D eigenvalue weighted by molar-refractivity contribution is 0.0613. The first-order chi connectivity index (χ1) is 5.52. The fourth-order valence-electron chi connectivity index (χ4n) is 1.90. The van der Waals surface area contributed by atoms with Crippen LogP contribution in [0.25, 0.3) is 0 Å². The molecule has 0 bridgehead atoms. The van der Waals surface area contributed by atoms with Crippen LogP contribution in [0.15, 0.2) is 0 Å². The fourth-order valence-corrected chi connectivity index (χ4v) is 1.90. The van der Waals surface area contributed by atoms with E-state index in [-0.39, 0.29) is 5.54 Å². The molecule has 1 aliphatic heterocycles. The first-order valence-electron chi connectivity index (χ1n) is 4.86. The van der Waals surface area contributed by atoms with Gasteiger partial charge in [0.2, 0.25) is 0 Å². The molecule has 0 radical (unpaired) electrons. The van der Waals surface area contributed by atoms with Gasteiger partial charge < -0.3 is 4.74 Å². The summed E-state index contributed by atoms with van der Waals surface area (Å²) in [6, 6.07) is 0.562. The van der Waals surface area contributed by atoms with E-state index in [4.69, 9.17) is 4.74 Å². The number of nitrogens with zero attached hydrogens (tertiary/aromatic N) is 1. The number of rotatable bonds is 0. The van der Waals surface area contributed by atoms with E-state index >= 15 is 0 Å². The molecule has 1 fully saturated rings.